The summed E-state index contributed by atoms with van der Waals surface area (Å²) in [7, 11) is 0. The van der Waals surface area contributed by atoms with Crippen molar-refractivity contribution in [3.63, 3.8) is 0 Å². The maximum atomic E-state index is 5.60. The number of pyridine rings is 1. The fraction of sp³-hybridized carbons (Fsp3) is 0.267. The number of hydrogen-bond donors (Lipinski definition) is 1. The quantitative estimate of drug-likeness (QED) is 0.849. The molecule has 0 saturated heterocycles. The summed E-state index contributed by atoms with van der Waals surface area (Å²) in [6, 6.07) is 7.75. The van der Waals surface area contributed by atoms with Crippen molar-refractivity contribution in [3.05, 3.63) is 41.1 Å². The second kappa shape index (κ2) is 7.14. The van der Waals surface area contributed by atoms with E-state index in [1.165, 1.54) is 0 Å². The van der Waals surface area contributed by atoms with E-state index in [0.717, 1.165) is 27.3 Å². The van der Waals surface area contributed by atoms with Gasteiger partial charge in [-0.15, -0.1) is 0 Å². The first-order valence-electron chi connectivity index (χ1n) is 6.50. The van der Waals surface area contributed by atoms with Crippen LogP contribution in [-0.2, 0) is 0 Å². The van der Waals surface area contributed by atoms with E-state index in [1.54, 1.807) is 12.4 Å². The Hall–Kier alpha value is -1.75. The van der Waals surface area contributed by atoms with Crippen LogP contribution >= 0.6 is 15.9 Å². The number of rotatable bonds is 6. The number of benzene rings is 1. The monoisotopic (exact) mass is 336 g/mol. The lowest BCUT2D eigenvalue weighted by Gasteiger charge is -2.13. The largest absolute Gasteiger partial charge is 0.490 e. The summed E-state index contributed by atoms with van der Waals surface area (Å²) in [5.74, 6) is 1.49. The Balaban J connectivity index is 2.22. The van der Waals surface area contributed by atoms with Gasteiger partial charge in [-0.25, -0.2) is 0 Å². The van der Waals surface area contributed by atoms with Crippen molar-refractivity contribution >= 4 is 27.3 Å². The molecule has 5 heteroatoms. The van der Waals surface area contributed by atoms with Gasteiger partial charge in [0.15, 0.2) is 11.5 Å². The van der Waals surface area contributed by atoms with Crippen molar-refractivity contribution < 1.29 is 9.47 Å². The predicted molar refractivity (Wildman–Crippen MR) is 84.0 cm³/mol. The van der Waals surface area contributed by atoms with E-state index < -0.39 is 0 Å². The third kappa shape index (κ3) is 3.87. The minimum absolute atomic E-state index is 0.599. The summed E-state index contributed by atoms with van der Waals surface area (Å²) >= 11 is 3.40. The van der Waals surface area contributed by atoms with Gasteiger partial charge in [0.1, 0.15) is 0 Å². The Morgan fingerprint density at radius 2 is 1.75 bits per heavy atom. The molecule has 0 radical (unpaired) electrons. The molecule has 20 heavy (non-hydrogen) atoms. The van der Waals surface area contributed by atoms with Crippen LogP contribution in [0, 0.1) is 0 Å². The SMILES string of the molecule is CCOc1ccc(Nc2cncc(Br)c2)cc1OCC. The summed E-state index contributed by atoms with van der Waals surface area (Å²) in [4.78, 5) is 4.12. The topological polar surface area (TPSA) is 43.4 Å². The number of aromatic nitrogens is 1. The van der Waals surface area contributed by atoms with E-state index in [4.69, 9.17) is 9.47 Å². The number of nitrogens with zero attached hydrogens (tertiary/aromatic N) is 1. The lowest BCUT2D eigenvalue weighted by molar-refractivity contribution is 0.288. The first kappa shape index (κ1) is 14.7. The Bertz CT molecular complexity index is 576. The second-order valence-corrected chi connectivity index (χ2v) is 4.96. The molecule has 0 bridgehead atoms. The maximum Gasteiger partial charge on any atom is 0.163 e. The lowest BCUT2D eigenvalue weighted by Crippen LogP contribution is -1.99. The molecule has 0 aliphatic rings. The van der Waals surface area contributed by atoms with Crippen LogP contribution in [0.5, 0.6) is 11.5 Å². The molecule has 1 N–H and O–H groups in total. The Morgan fingerprint density at radius 1 is 1.00 bits per heavy atom. The van der Waals surface area contributed by atoms with E-state index in [1.807, 2.05) is 38.1 Å². The molecule has 0 atom stereocenters. The molecule has 0 aliphatic carbocycles. The molecule has 0 aliphatic heterocycles. The molecule has 0 saturated carbocycles. The molecule has 0 spiro atoms. The minimum Gasteiger partial charge on any atom is -0.490 e. The molecule has 1 heterocycles. The average Bonchev–Trinajstić information content (AvgIpc) is 2.42. The van der Waals surface area contributed by atoms with Crippen molar-refractivity contribution in [1.82, 2.24) is 4.98 Å². The normalized spacial score (nSPS) is 10.2. The summed E-state index contributed by atoms with van der Waals surface area (Å²) in [5, 5.41) is 3.28. The van der Waals surface area contributed by atoms with E-state index in [9.17, 15) is 0 Å². The molecule has 0 unspecified atom stereocenters. The summed E-state index contributed by atoms with van der Waals surface area (Å²) in [5.41, 5.74) is 1.84. The molecule has 0 fully saturated rings. The third-order valence-corrected chi connectivity index (χ3v) is 2.97. The van der Waals surface area contributed by atoms with Crippen LogP contribution in [0.4, 0.5) is 11.4 Å². The molecule has 106 valence electrons. The van der Waals surface area contributed by atoms with E-state index in [0.29, 0.717) is 13.2 Å². The fourth-order valence-electron chi connectivity index (χ4n) is 1.78. The van der Waals surface area contributed by atoms with Crippen LogP contribution in [-0.4, -0.2) is 18.2 Å². The van der Waals surface area contributed by atoms with Crippen molar-refractivity contribution in [2.75, 3.05) is 18.5 Å². The predicted octanol–water partition coefficient (Wildman–Crippen LogP) is 4.39. The van der Waals surface area contributed by atoms with Crippen molar-refractivity contribution in [2.45, 2.75) is 13.8 Å². The van der Waals surface area contributed by atoms with Crippen LogP contribution in [0.3, 0.4) is 0 Å². The molecule has 1 aromatic carbocycles. The number of ether oxygens (including phenoxy) is 2. The molecule has 4 nitrogen and oxygen atoms in total. The van der Waals surface area contributed by atoms with Crippen molar-refractivity contribution in [2.24, 2.45) is 0 Å². The molecule has 0 amide bonds. The van der Waals surface area contributed by atoms with Crippen LogP contribution in [0.2, 0.25) is 0 Å². The van der Waals surface area contributed by atoms with Gasteiger partial charge in [-0.3, -0.25) is 4.98 Å². The first-order valence-corrected chi connectivity index (χ1v) is 7.29. The third-order valence-electron chi connectivity index (χ3n) is 2.54. The zero-order valence-corrected chi connectivity index (χ0v) is 13.1. The van der Waals surface area contributed by atoms with Gasteiger partial charge >= 0.3 is 0 Å². The molecule has 1 aromatic heterocycles. The number of anilines is 2. The Labute approximate surface area is 127 Å². The van der Waals surface area contributed by atoms with Crippen molar-refractivity contribution in [1.29, 1.82) is 0 Å². The summed E-state index contributed by atoms with van der Waals surface area (Å²) < 4.78 is 12.1. The van der Waals surface area contributed by atoms with Gasteiger partial charge in [0.05, 0.1) is 25.1 Å². The average molecular weight is 337 g/mol. The second-order valence-electron chi connectivity index (χ2n) is 4.04. The van der Waals surface area contributed by atoms with Gasteiger partial charge in [0.25, 0.3) is 0 Å². The zero-order valence-electron chi connectivity index (χ0n) is 11.5. The molecular formula is C15H17BrN2O2. The number of halogens is 1. The number of nitrogens with one attached hydrogen (secondary N) is 1. The highest BCUT2D eigenvalue weighted by Crippen LogP contribution is 2.32. The highest BCUT2D eigenvalue weighted by Gasteiger charge is 2.06. The van der Waals surface area contributed by atoms with Gasteiger partial charge in [0.2, 0.25) is 0 Å². The van der Waals surface area contributed by atoms with E-state index >= 15 is 0 Å². The van der Waals surface area contributed by atoms with E-state index in [-0.39, 0.29) is 0 Å². The Morgan fingerprint density at radius 3 is 2.45 bits per heavy atom. The summed E-state index contributed by atoms with van der Waals surface area (Å²) in [6.45, 7) is 5.12. The van der Waals surface area contributed by atoms with Crippen molar-refractivity contribution in [3.8, 4) is 11.5 Å². The van der Waals surface area contributed by atoms with Gasteiger partial charge in [-0.05, 0) is 48.0 Å². The maximum absolute atomic E-state index is 5.60. The summed E-state index contributed by atoms with van der Waals surface area (Å²) in [6.07, 6.45) is 3.51. The Kier molecular flexibility index (Phi) is 5.24. The number of hydrogen-bond acceptors (Lipinski definition) is 4. The highest BCUT2D eigenvalue weighted by molar-refractivity contribution is 9.10. The standard InChI is InChI=1S/C15H17BrN2O2/c1-3-19-14-6-5-12(8-15(14)20-4-2)18-13-7-11(16)9-17-10-13/h5-10,18H,3-4H2,1-2H3. The molecular weight excluding hydrogens is 320 g/mol. The molecule has 2 aromatic rings. The minimum atomic E-state index is 0.599. The smallest absolute Gasteiger partial charge is 0.163 e. The van der Waals surface area contributed by atoms with Gasteiger partial charge in [0, 0.05) is 22.4 Å². The van der Waals surface area contributed by atoms with Crippen LogP contribution in [0.15, 0.2) is 41.1 Å². The van der Waals surface area contributed by atoms with Gasteiger partial charge in [-0.1, -0.05) is 0 Å². The van der Waals surface area contributed by atoms with Gasteiger partial charge in [-0.2, -0.15) is 0 Å². The van der Waals surface area contributed by atoms with Crippen LogP contribution in [0.25, 0.3) is 0 Å². The van der Waals surface area contributed by atoms with Crippen LogP contribution in [0.1, 0.15) is 13.8 Å². The van der Waals surface area contributed by atoms with Gasteiger partial charge < -0.3 is 14.8 Å². The first-order chi connectivity index (χ1) is 9.72. The van der Waals surface area contributed by atoms with E-state index in [2.05, 4.69) is 26.2 Å². The molecule has 2 rings (SSSR count). The highest BCUT2D eigenvalue weighted by atomic mass is 79.9. The van der Waals surface area contributed by atoms with Crippen LogP contribution < -0.4 is 14.8 Å². The zero-order chi connectivity index (χ0) is 14.4. The lowest BCUT2D eigenvalue weighted by atomic mass is 10.2. The fourth-order valence-corrected chi connectivity index (χ4v) is 2.14.